The van der Waals surface area contributed by atoms with Crippen molar-refractivity contribution < 1.29 is 9.47 Å². The number of aliphatic imine (C=N–C) groups is 1. The van der Waals surface area contributed by atoms with E-state index in [1.54, 1.807) is 7.11 Å². The zero-order chi connectivity index (χ0) is 18.5. The van der Waals surface area contributed by atoms with E-state index < -0.39 is 0 Å². The van der Waals surface area contributed by atoms with E-state index in [9.17, 15) is 0 Å². The molecule has 0 saturated heterocycles. The van der Waals surface area contributed by atoms with Crippen molar-refractivity contribution >= 4 is 18.0 Å². The number of aromatic nitrogens is 5. The number of methoxy groups -OCH3 is 1. The fourth-order valence-electron chi connectivity index (χ4n) is 3.66. The van der Waals surface area contributed by atoms with Gasteiger partial charge in [-0.25, -0.2) is 4.98 Å². The SMILES string of the molecule is COCc1nnc2n1Cc1c(C3OC=NC3C)ncn1-c1ccc(Cl)cc1-2. The van der Waals surface area contributed by atoms with E-state index in [2.05, 4.69) is 24.7 Å². The van der Waals surface area contributed by atoms with Gasteiger partial charge >= 0.3 is 0 Å². The molecule has 8 nitrogen and oxygen atoms in total. The molecule has 2 atom stereocenters. The summed E-state index contributed by atoms with van der Waals surface area (Å²) in [6.07, 6.45) is 3.12. The summed E-state index contributed by atoms with van der Waals surface area (Å²) >= 11 is 6.28. The lowest BCUT2D eigenvalue weighted by atomic mass is 10.1. The maximum absolute atomic E-state index is 6.28. The first-order valence-electron chi connectivity index (χ1n) is 8.62. The Morgan fingerprint density at radius 2 is 2.22 bits per heavy atom. The minimum absolute atomic E-state index is 0.0105. The van der Waals surface area contributed by atoms with Crippen LogP contribution in [0.25, 0.3) is 17.1 Å². The largest absolute Gasteiger partial charge is 0.472 e. The Morgan fingerprint density at radius 3 is 3.00 bits per heavy atom. The van der Waals surface area contributed by atoms with Gasteiger partial charge in [0.25, 0.3) is 0 Å². The second-order valence-corrected chi connectivity index (χ2v) is 7.06. The number of hydrogen-bond acceptors (Lipinski definition) is 6. The van der Waals surface area contributed by atoms with Gasteiger partial charge in [0.1, 0.15) is 12.3 Å². The zero-order valence-electron chi connectivity index (χ0n) is 14.8. The third-order valence-electron chi connectivity index (χ3n) is 4.98. The zero-order valence-corrected chi connectivity index (χ0v) is 15.6. The molecule has 4 heterocycles. The van der Waals surface area contributed by atoms with Crippen LogP contribution in [-0.4, -0.2) is 43.9 Å². The van der Waals surface area contributed by atoms with Crippen molar-refractivity contribution in [1.29, 1.82) is 0 Å². The molecule has 0 N–H and O–H groups in total. The van der Waals surface area contributed by atoms with Crippen LogP contribution in [0, 0.1) is 0 Å². The Balaban J connectivity index is 1.74. The molecular weight excluding hydrogens is 368 g/mol. The van der Waals surface area contributed by atoms with Crippen LogP contribution >= 0.6 is 11.6 Å². The molecule has 27 heavy (non-hydrogen) atoms. The van der Waals surface area contributed by atoms with Crippen molar-refractivity contribution in [3.8, 4) is 17.1 Å². The summed E-state index contributed by atoms with van der Waals surface area (Å²) in [5.41, 5.74) is 3.73. The molecular formula is C18H17ClN6O2. The van der Waals surface area contributed by atoms with Gasteiger partial charge in [0.15, 0.2) is 24.2 Å². The normalized spacial score (nSPS) is 20.0. The lowest BCUT2D eigenvalue weighted by Crippen LogP contribution is -2.15. The van der Waals surface area contributed by atoms with E-state index in [4.69, 9.17) is 21.1 Å². The second-order valence-electron chi connectivity index (χ2n) is 6.62. The van der Waals surface area contributed by atoms with E-state index in [1.165, 1.54) is 6.40 Å². The molecule has 0 spiro atoms. The minimum atomic E-state index is -0.207. The van der Waals surface area contributed by atoms with Gasteiger partial charge in [-0.3, -0.25) is 4.99 Å². The Bertz CT molecular complexity index is 1060. The van der Waals surface area contributed by atoms with E-state index >= 15 is 0 Å². The monoisotopic (exact) mass is 384 g/mol. The van der Waals surface area contributed by atoms with Crippen molar-refractivity contribution in [3.63, 3.8) is 0 Å². The van der Waals surface area contributed by atoms with Gasteiger partial charge in [0.05, 0.1) is 30.3 Å². The van der Waals surface area contributed by atoms with Crippen LogP contribution in [0.5, 0.6) is 0 Å². The van der Waals surface area contributed by atoms with E-state index in [0.29, 0.717) is 18.2 Å². The summed E-state index contributed by atoms with van der Waals surface area (Å²) in [5, 5.41) is 9.36. The van der Waals surface area contributed by atoms with Gasteiger partial charge in [-0.2, -0.15) is 0 Å². The van der Waals surface area contributed by atoms with Gasteiger partial charge in [-0.15, -0.1) is 10.2 Å². The Morgan fingerprint density at radius 1 is 1.33 bits per heavy atom. The Kier molecular flexibility index (Phi) is 3.76. The quantitative estimate of drug-likeness (QED) is 0.542. The number of benzene rings is 1. The fourth-order valence-corrected chi connectivity index (χ4v) is 3.83. The number of rotatable bonds is 3. The maximum atomic E-state index is 6.28. The molecule has 2 aliphatic heterocycles. The van der Waals surface area contributed by atoms with Crippen LogP contribution < -0.4 is 0 Å². The van der Waals surface area contributed by atoms with Gasteiger partial charge in [0, 0.05) is 17.7 Å². The summed E-state index contributed by atoms with van der Waals surface area (Å²) in [5.74, 6) is 1.50. The molecule has 9 heteroatoms. The highest BCUT2D eigenvalue weighted by Crippen LogP contribution is 2.37. The summed E-state index contributed by atoms with van der Waals surface area (Å²) in [7, 11) is 1.64. The third-order valence-corrected chi connectivity index (χ3v) is 5.21. The first kappa shape index (κ1) is 16.5. The predicted octanol–water partition coefficient (Wildman–Crippen LogP) is 2.78. The van der Waals surface area contributed by atoms with Gasteiger partial charge < -0.3 is 18.6 Å². The summed E-state index contributed by atoms with van der Waals surface area (Å²) in [4.78, 5) is 8.98. The molecule has 0 radical (unpaired) electrons. The third kappa shape index (κ3) is 2.48. The summed E-state index contributed by atoms with van der Waals surface area (Å²) in [6.45, 7) is 2.94. The summed E-state index contributed by atoms with van der Waals surface area (Å²) < 4.78 is 15.1. The number of nitrogens with zero attached hydrogens (tertiary/aromatic N) is 6. The van der Waals surface area contributed by atoms with Gasteiger partial charge in [0.2, 0.25) is 0 Å². The average molecular weight is 385 g/mol. The fraction of sp³-hybridized carbons (Fsp3) is 0.333. The minimum Gasteiger partial charge on any atom is -0.472 e. The highest BCUT2D eigenvalue weighted by Gasteiger charge is 2.33. The molecule has 0 bridgehead atoms. The Hall–Kier alpha value is -2.71. The van der Waals surface area contributed by atoms with Crippen molar-refractivity contribution in [2.24, 2.45) is 4.99 Å². The van der Waals surface area contributed by atoms with E-state index in [1.807, 2.05) is 36.0 Å². The molecule has 2 aromatic heterocycles. The average Bonchev–Trinajstić information content (AvgIpc) is 3.34. The van der Waals surface area contributed by atoms with E-state index in [-0.39, 0.29) is 12.1 Å². The lowest BCUT2D eigenvalue weighted by Gasteiger charge is -2.15. The van der Waals surface area contributed by atoms with Gasteiger partial charge in [-0.05, 0) is 25.1 Å². The molecule has 0 amide bonds. The smallest absolute Gasteiger partial charge is 0.170 e. The van der Waals surface area contributed by atoms with Crippen LogP contribution in [-0.2, 0) is 22.6 Å². The molecule has 1 aromatic carbocycles. The van der Waals surface area contributed by atoms with Crippen LogP contribution in [0.4, 0.5) is 0 Å². The van der Waals surface area contributed by atoms with Crippen molar-refractivity contribution in [2.45, 2.75) is 32.2 Å². The molecule has 2 unspecified atom stereocenters. The number of fused-ring (bicyclic) bond motifs is 5. The van der Waals surface area contributed by atoms with Crippen molar-refractivity contribution in [2.75, 3.05) is 7.11 Å². The highest BCUT2D eigenvalue weighted by molar-refractivity contribution is 6.31. The van der Waals surface area contributed by atoms with Crippen LogP contribution in [0.1, 0.15) is 30.2 Å². The second kappa shape index (κ2) is 6.17. The Labute approximate surface area is 160 Å². The number of halogens is 1. The predicted molar refractivity (Wildman–Crippen MR) is 99.2 cm³/mol. The van der Waals surface area contributed by atoms with Crippen LogP contribution in [0.3, 0.4) is 0 Å². The van der Waals surface area contributed by atoms with E-state index in [0.717, 1.165) is 34.3 Å². The molecule has 0 fully saturated rings. The molecule has 138 valence electrons. The molecule has 5 rings (SSSR count). The first-order chi connectivity index (χ1) is 13.2. The molecule has 0 saturated carbocycles. The molecule has 3 aromatic rings. The molecule has 0 aliphatic carbocycles. The van der Waals surface area contributed by atoms with Crippen molar-refractivity contribution in [3.05, 3.63) is 46.8 Å². The maximum Gasteiger partial charge on any atom is 0.170 e. The standard InChI is InChI=1S/C18H17ClN6O2/c1-10-17(27-9-21-10)16-14-6-24-15(7-26-2)22-23-18(24)12-5-11(19)3-4-13(12)25(14)8-20-16/h3-5,8-10,17H,6-7H2,1-2H3. The number of ether oxygens (including phenoxy) is 2. The molecule has 2 aliphatic rings. The van der Waals surface area contributed by atoms with Gasteiger partial charge in [-0.1, -0.05) is 11.6 Å². The van der Waals surface area contributed by atoms with Crippen molar-refractivity contribution in [1.82, 2.24) is 24.3 Å². The van der Waals surface area contributed by atoms with Crippen LogP contribution in [0.15, 0.2) is 29.5 Å². The summed E-state index contributed by atoms with van der Waals surface area (Å²) in [6, 6.07) is 5.75. The topological polar surface area (TPSA) is 79.3 Å². The number of hydrogen-bond donors (Lipinski definition) is 0. The first-order valence-corrected chi connectivity index (χ1v) is 8.99. The van der Waals surface area contributed by atoms with Crippen LogP contribution in [0.2, 0.25) is 5.02 Å². The number of imidazole rings is 1. The highest BCUT2D eigenvalue weighted by atomic mass is 35.5. The lowest BCUT2D eigenvalue weighted by molar-refractivity contribution is 0.174.